The molecule has 1 heterocycles. The van der Waals surface area contributed by atoms with Crippen LogP contribution in [-0.2, 0) is 10.8 Å². The van der Waals surface area contributed by atoms with Crippen LogP contribution in [-0.4, -0.2) is 4.57 Å². The monoisotopic (exact) mass is 870 g/mol. The summed E-state index contributed by atoms with van der Waals surface area (Å²) in [6.07, 6.45) is 0. The van der Waals surface area contributed by atoms with Crippen molar-refractivity contribution in [3.63, 3.8) is 0 Å². The lowest BCUT2D eigenvalue weighted by molar-refractivity contribution is 0.660. The summed E-state index contributed by atoms with van der Waals surface area (Å²) in [7, 11) is 0. The van der Waals surface area contributed by atoms with Gasteiger partial charge in [-0.3, -0.25) is 0 Å². The Morgan fingerprint density at radius 3 is 1.40 bits per heavy atom. The molecule has 2 aliphatic carbocycles. The topological polar surface area (TPSA) is 8.17 Å². The molecule has 68 heavy (non-hydrogen) atoms. The molecule has 0 aliphatic heterocycles. The molecule has 0 saturated heterocycles. The highest BCUT2D eigenvalue weighted by molar-refractivity contribution is 6.09. The fourth-order valence-corrected chi connectivity index (χ4v) is 11.7. The van der Waals surface area contributed by atoms with Gasteiger partial charge in [-0.15, -0.1) is 0 Å². The number of hydrogen-bond donors (Lipinski definition) is 0. The Morgan fingerprint density at radius 1 is 0.294 bits per heavy atom. The second-order valence-corrected chi connectivity index (χ2v) is 19.8. The SMILES string of the molecule is CC1(C)c2ccccc2-c2ccc(-c3cccc(N(c4cccc(-c5ccc(-c6ccccc6)cc5)c4)c4ccc5c(c4)C(C)(C)c4cc(-n6c7ccccc7c7ccccc76)ccc4-5)c3)cc21. The van der Waals surface area contributed by atoms with Crippen molar-refractivity contribution >= 4 is 38.9 Å². The summed E-state index contributed by atoms with van der Waals surface area (Å²) >= 11 is 0. The Morgan fingerprint density at radius 2 is 0.721 bits per heavy atom. The smallest absolute Gasteiger partial charge is 0.0541 e. The number of rotatable bonds is 7. The van der Waals surface area contributed by atoms with Crippen LogP contribution >= 0.6 is 0 Å². The van der Waals surface area contributed by atoms with Gasteiger partial charge >= 0.3 is 0 Å². The number of nitrogens with zero attached hydrogens (tertiary/aromatic N) is 2. The van der Waals surface area contributed by atoms with Crippen LogP contribution in [0, 0.1) is 0 Å². The number of hydrogen-bond acceptors (Lipinski definition) is 1. The van der Waals surface area contributed by atoms with Crippen LogP contribution in [0.15, 0.2) is 231 Å². The normalized spacial score (nSPS) is 13.8. The molecule has 13 rings (SSSR count). The van der Waals surface area contributed by atoms with Crippen LogP contribution in [0.1, 0.15) is 49.9 Å². The summed E-state index contributed by atoms with van der Waals surface area (Å²) in [5.74, 6) is 0. The Hall–Kier alpha value is -8.20. The van der Waals surface area contributed by atoms with Gasteiger partial charge in [0, 0.05) is 44.4 Å². The predicted molar refractivity (Wildman–Crippen MR) is 287 cm³/mol. The molecule has 0 bridgehead atoms. The van der Waals surface area contributed by atoms with E-state index in [1.165, 1.54) is 105 Å². The number of fused-ring (bicyclic) bond motifs is 9. The van der Waals surface area contributed by atoms with Gasteiger partial charge in [0.25, 0.3) is 0 Å². The molecule has 2 nitrogen and oxygen atoms in total. The molecule has 0 saturated carbocycles. The molecule has 1 aromatic heterocycles. The Bertz CT molecular complexity index is 3740. The highest BCUT2D eigenvalue weighted by Gasteiger charge is 2.37. The lowest BCUT2D eigenvalue weighted by Gasteiger charge is -2.29. The third-order valence-corrected chi connectivity index (χ3v) is 15.2. The highest BCUT2D eigenvalue weighted by atomic mass is 15.1. The first-order valence-corrected chi connectivity index (χ1v) is 23.9. The minimum Gasteiger partial charge on any atom is -0.310 e. The van der Waals surface area contributed by atoms with Crippen molar-refractivity contribution in [3.8, 4) is 61.3 Å². The van der Waals surface area contributed by atoms with E-state index in [0.717, 1.165) is 17.1 Å². The summed E-state index contributed by atoms with van der Waals surface area (Å²) < 4.78 is 2.44. The fraction of sp³-hybridized carbons (Fsp3) is 0.0909. The van der Waals surface area contributed by atoms with Crippen molar-refractivity contribution in [2.45, 2.75) is 38.5 Å². The van der Waals surface area contributed by atoms with Gasteiger partial charge in [-0.1, -0.05) is 191 Å². The quantitative estimate of drug-likeness (QED) is 0.155. The second-order valence-electron chi connectivity index (χ2n) is 19.8. The van der Waals surface area contributed by atoms with Gasteiger partial charge in [0.2, 0.25) is 0 Å². The van der Waals surface area contributed by atoms with E-state index in [4.69, 9.17) is 0 Å². The van der Waals surface area contributed by atoms with Crippen molar-refractivity contribution in [2.24, 2.45) is 0 Å². The van der Waals surface area contributed by atoms with Gasteiger partial charge in [-0.2, -0.15) is 0 Å². The number of anilines is 3. The molecule has 0 atom stereocenters. The van der Waals surface area contributed by atoms with Gasteiger partial charge in [-0.25, -0.2) is 0 Å². The Kier molecular flexibility index (Phi) is 8.95. The summed E-state index contributed by atoms with van der Waals surface area (Å²) in [5.41, 5.74) is 24.6. The first-order chi connectivity index (χ1) is 33.2. The van der Waals surface area contributed by atoms with Crippen LogP contribution in [0.2, 0.25) is 0 Å². The third-order valence-electron chi connectivity index (χ3n) is 15.2. The maximum absolute atomic E-state index is 2.46. The molecule has 2 heteroatoms. The standard InChI is InChI=1S/C66H50N2/c1-65(2)59-25-11-8-22-53(59)54-35-32-48(40-60(54)65)47-19-15-21-50(39-47)67(49-20-14-18-46(38-49)45-30-28-44(29-31-45)43-16-6-5-7-17-43)51-33-36-55-56-37-34-52(42-62(56)66(3,4)61(55)41-51)68-63-26-12-9-23-57(63)58-24-10-13-27-64(58)68/h5-42H,1-4H3. The number of para-hydroxylation sites is 2. The summed E-state index contributed by atoms with van der Waals surface area (Å²) in [5, 5.41) is 2.55. The summed E-state index contributed by atoms with van der Waals surface area (Å²) in [6, 6.07) is 85.6. The average Bonchev–Trinajstić information content (AvgIpc) is 3.93. The van der Waals surface area contributed by atoms with Crippen molar-refractivity contribution in [2.75, 3.05) is 4.90 Å². The zero-order valence-electron chi connectivity index (χ0n) is 38.8. The molecule has 0 spiro atoms. The number of benzene rings is 10. The fourth-order valence-electron chi connectivity index (χ4n) is 11.7. The highest BCUT2D eigenvalue weighted by Crippen LogP contribution is 2.53. The summed E-state index contributed by atoms with van der Waals surface area (Å²) in [4.78, 5) is 2.46. The van der Waals surface area contributed by atoms with Gasteiger partial charge in [0.1, 0.15) is 0 Å². The molecule has 0 N–H and O–H groups in total. The zero-order valence-corrected chi connectivity index (χ0v) is 38.8. The van der Waals surface area contributed by atoms with Gasteiger partial charge in [0.15, 0.2) is 0 Å². The molecule has 0 amide bonds. The predicted octanol–water partition coefficient (Wildman–Crippen LogP) is 17.9. The van der Waals surface area contributed by atoms with Crippen LogP contribution in [0.25, 0.3) is 83.1 Å². The van der Waals surface area contributed by atoms with Crippen molar-refractivity contribution in [3.05, 3.63) is 253 Å². The van der Waals surface area contributed by atoms with E-state index in [1.807, 2.05) is 0 Å². The largest absolute Gasteiger partial charge is 0.310 e. The second kappa shape index (κ2) is 15.2. The van der Waals surface area contributed by atoms with Gasteiger partial charge < -0.3 is 9.47 Å². The van der Waals surface area contributed by atoms with Crippen LogP contribution in [0.5, 0.6) is 0 Å². The summed E-state index contributed by atoms with van der Waals surface area (Å²) in [6.45, 7) is 9.52. The lowest BCUT2D eigenvalue weighted by atomic mass is 9.81. The minimum atomic E-state index is -0.250. The van der Waals surface area contributed by atoms with E-state index in [2.05, 4.69) is 268 Å². The lowest BCUT2D eigenvalue weighted by Crippen LogP contribution is -2.17. The molecule has 2 aliphatic rings. The maximum atomic E-state index is 2.46. The molecule has 324 valence electrons. The molecule has 0 unspecified atom stereocenters. The van der Waals surface area contributed by atoms with E-state index in [9.17, 15) is 0 Å². The average molecular weight is 871 g/mol. The molecule has 0 fully saturated rings. The van der Waals surface area contributed by atoms with E-state index >= 15 is 0 Å². The molecule has 0 radical (unpaired) electrons. The zero-order chi connectivity index (χ0) is 45.7. The van der Waals surface area contributed by atoms with E-state index in [0.29, 0.717) is 0 Å². The molecule has 10 aromatic carbocycles. The first-order valence-electron chi connectivity index (χ1n) is 23.9. The van der Waals surface area contributed by atoms with Crippen LogP contribution in [0.3, 0.4) is 0 Å². The first kappa shape index (κ1) is 40.1. The van der Waals surface area contributed by atoms with E-state index in [-0.39, 0.29) is 10.8 Å². The number of aromatic nitrogens is 1. The van der Waals surface area contributed by atoms with E-state index < -0.39 is 0 Å². The van der Waals surface area contributed by atoms with Crippen molar-refractivity contribution in [1.29, 1.82) is 0 Å². The Balaban J connectivity index is 0.929. The molecular formula is C66H50N2. The Labute approximate surface area is 399 Å². The van der Waals surface area contributed by atoms with E-state index in [1.54, 1.807) is 0 Å². The van der Waals surface area contributed by atoms with Gasteiger partial charge in [0.05, 0.1) is 11.0 Å². The van der Waals surface area contributed by atoms with Crippen molar-refractivity contribution < 1.29 is 0 Å². The molecule has 11 aromatic rings. The van der Waals surface area contributed by atoms with Crippen LogP contribution < -0.4 is 4.90 Å². The molecular weight excluding hydrogens is 821 g/mol. The third kappa shape index (κ3) is 6.17. The van der Waals surface area contributed by atoms with Crippen molar-refractivity contribution in [1.82, 2.24) is 4.57 Å². The van der Waals surface area contributed by atoms with Crippen LogP contribution in [0.4, 0.5) is 17.1 Å². The maximum Gasteiger partial charge on any atom is 0.0541 e. The minimum absolute atomic E-state index is 0.0790. The van der Waals surface area contributed by atoms with Gasteiger partial charge in [-0.05, 0) is 145 Å².